The van der Waals surface area contributed by atoms with Crippen LogP contribution in [0.4, 0.5) is 5.69 Å². The Morgan fingerprint density at radius 2 is 2.20 bits per heavy atom. The summed E-state index contributed by atoms with van der Waals surface area (Å²) in [5.74, 6) is 0.562. The summed E-state index contributed by atoms with van der Waals surface area (Å²) >= 11 is 6.18. The van der Waals surface area contributed by atoms with Gasteiger partial charge in [0.25, 0.3) is 0 Å². The second kappa shape index (κ2) is 7.21. The minimum Gasteiger partial charge on any atom is -0.398 e. The highest BCUT2D eigenvalue weighted by molar-refractivity contribution is 6.33. The Morgan fingerprint density at radius 3 is 2.95 bits per heavy atom. The Bertz CT molecular complexity index is 537. The van der Waals surface area contributed by atoms with Gasteiger partial charge >= 0.3 is 0 Å². The van der Waals surface area contributed by atoms with Crippen molar-refractivity contribution in [1.29, 1.82) is 0 Å². The van der Waals surface area contributed by atoms with E-state index in [4.69, 9.17) is 22.1 Å². The number of ether oxygens (including phenoxy) is 1. The van der Waals surface area contributed by atoms with Crippen LogP contribution in [0.3, 0.4) is 0 Å². The molecule has 0 atom stereocenters. The van der Waals surface area contributed by atoms with Crippen molar-refractivity contribution in [2.75, 3.05) is 18.9 Å². The van der Waals surface area contributed by atoms with Crippen molar-refractivity contribution in [3.05, 3.63) is 23.2 Å². The Balaban J connectivity index is 2.09. The van der Waals surface area contributed by atoms with Crippen molar-refractivity contribution < 1.29 is 4.74 Å². The molecule has 2 aromatic rings. The van der Waals surface area contributed by atoms with E-state index < -0.39 is 0 Å². The van der Waals surface area contributed by atoms with Crippen molar-refractivity contribution in [3.63, 3.8) is 0 Å². The molecule has 0 aliphatic carbocycles. The van der Waals surface area contributed by atoms with Crippen molar-refractivity contribution in [3.8, 4) is 11.4 Å². The topological polar surface area (TPSA) is 78.8 Å². The SMILES string of the molecule is CCCCOCCn1nnnc1-c1c(N)cccc1Cl. The van der Waals surface area contributed by atoms with Gasteiger partial charge in [-0.05, 0) is 29.0 Å². The first kappa shape index (κ1) is 14.7. The predicted octanol–water partition coefficient (Wildman–Crippen LogP) is 2.39. The lowest BCUT2D eigenvalue weighted by Gasteiger charge is -2.08. The summed E-state index contributed by atoms with van der Waals surface area (Å²) in [7, 11) is 0. The van der Waals surface area contributed by atoms with Gasteiger partial charge in [-0.3, -0.25) is 0 Å². The van der Waals surface area contributed by atoms with Gasteiger partial charge in [0.15, 0.2) is 5.82 Å². The Kier molecular flexibility index (Phi) is 5.31. The molecule has 7 heteroatoms. The fourth-order valence-corrected chi connectivity index (χ4v) is 2.08. The van der Waals surface area contributed by atoms with Gasteiger partial charge < -0.3 is 10.5 Å². The van der Waals surface area contributed by atoms with E-state index in [1.54, 1.807) is 22.9 Å². The first-order chi connectivity index (χ1) is 9.74. The van der Waals surface area contributed by atoms with E-state index in [0.29, 0.717) is 35.2 Å². The number of hydrogen-bond donors (Lipinski definition) is 1. The molecule has 0 saturated heterocycles. The van der Waals surface area contributed by atoms with E-state index in [1.165, 1.54) is 0 Å². The van der Waals surface area contributed by atoms with E-state index in [0.717, 1.165) is 19.4 Å². The van der Waals surface area contributed by atoms with Gasteiger partial charge in [-0.2, -0.15) is 0 Å². The van der Waals surface area contributed by atoms with E-state index in [2.05, 4.69) is 22.4 Å². The molecular weight excluding hydrogens is 278 g/mol. The zero-order valence-electron chi connectivity index (χ0n) is 11.4. The highest BCUT2D eigenvalue weighted by Gasteiger charge is 2.15. The maximum Gasteiger partial charge on any atom is 0.185 e. The Morgan fingerprint density at radius 1 is 1.35 bits per heavy atom. The second-order valence-electron chi connectivity index (χ2n) is 4.40. The number of nitrogen functional groups attached to an aromatic ring is 1. The van der Waals surface area contributed by atoms with Gasteiger partial charge in [-0.15, -0.1) is 5.10 Å². The molecule has 1 aromatic carbocycles. The minimum absolute atomic E-state index is 0.535. The number of aromatic nitrogens is 4. The molecule has 0 amide bonds. The molecule has 0 spiro atoms. The van der Waals surface area contributed by atoms with Crippen LogP contribution in [-0.4, -0.2) is 33.4 Å². The molecule has 0 bridgehead atoms. The predicted molar refractivity (Wildman–Crippen MR) is 78.4 cm³/mol. The minimum atomic E-state index is 0.535. The average molecular weight is 296 g/mol. The molecule has 2 N–H and O–H groups in total. The highest BCUT2D eigenvalue weighted by atomic mass is 35.5. The lowest BCUT2D eigenvalue weighted by atomic mass is 10.1. The number of unbranched alkanes of at least 4 members (excludes halogenated alkanes) is 1. The quantitative estimate of drug-likeness (QED) is 0.627. The second-order valence-corrected chi connectivity index (χ2v) is 4.80. The van der Waals surface area contributed by atoms with Crippen molar-refractivity contribution in [2.45, 2.75) is 26.3 Å². The molecule has 1 heterocycles. The number of hydrogen-bond acceptors (Lipinski definition) is 5. The summed E-state index contributed by atoms with van der Waals surface area (Å²) in [6.07, 6.45) is 2.17. The van der Waals surface area contributed by atoms with Crippen LogP contribution >= 0.6 is 11.6 Å². The summed E-state index contributed by atoms with van der Waals surface area (Å²) in [5.41, 5.74) is 7.17. The van der Waals surface area contributed by atoms with Crippen LogP contribution in [0.25, 0.3) is 11.4 Å². The fraction of sp³-hybridized carbons (Fsp3) is 0.462. The first-order valence-corrected chi connectivity index (χ1v) is 7.00. The van der Waals surface area contributed by atoms with Crippen LogP contribution in [0, 0.1) is 0 Å². The number of benzene rings is 1. The van der Waals surface area contributed by atoms with Crippen molar-refractivity contribution in [1.82, 2.24) is 20.2 Å². The lowest BCUT2D eigenvalue weighted by molar-refractivity contribution is 0.121. The van der Waals surface area contributed by atoms with Crippen LogP contribution in [0.5, 0.6) is 0 Å². The third kappa shape index (κ3) is 3.46. The monoisotopic (exact) mass is 295 g/mol. The van der Waals surface area contributed by atoms with Crippen LogP contribution < -0.4 is 5.73 Å². The molecule has 0 aliphatic heterocycles. The maximum atomic E-state index is 6.18. The number of rotatable bonds is 7. The molecule has 0 radical (unpaired) electrons. The molecule has 20 heavy (non-hydrogen) atoms. The molecule has 0 saturated carbocycles. The van der Waals surface area contributed by atoms with Gasteiger partial charge in [0, 0.05) is 12.3 Å². The number of nitrogens with two attached hydrogens (primary N) is 1. The van der Waals surface area contributed by atoms with Gasteiger partial charge in [0.1, 0.15) is 0 Å². The van der Waals surface area contributed by atoms with E-state index >= 15 is 0 Å². The van der Waals surface area contributed by atoms with Gasteiger partial charge in [0.05, 0.1) is 23.7 Å². The zero-order valence-corrected chi connectivity index (χ0v) is 12.2. The third-order valence-electron chi connectivity index (χ3n) is 2.89. The first-order valence-electron chi connectivity index (χ1n) is 6.62. The maximum absolute atomic E-state index is 6.18. The average Bonchev–Trinajstić information content (AvgIpc) is 2.87. The molecule has 0 unspecified atom stereocenters. The summed E-state index contributed by atoms with van der Waals surface area (Å²) in [6, 6.07) is 5.34. The fourth-order valence-electron chi connectivity index (χ4n) is 1.81. The summed E-state index contributed by atoms with van der Waals surface area (Å²) in [4.78, 5) is 0. The number of halogens is 1. The molecule has 1 aromatic heterocycles. The summed E-state index contributed by atoms with van der Waals surface area (Å²) < 4.78 is 7.17. The van der Waals surface area contributed by atoms with Crippen LogP contribution in [-0.2, 0) is 11.3 Å². The van der Waals surface area contributed by atoms with Crippen LogP contribution in [0.15, 0.2) is 18.2 Å². The summed E-state index contributed by atoms with van der Waals surface area (Å²) in [6.45, 7) is 4.00. The van der Waals surface area contributed by atoms with Gasteiger partial charge in [-0.25, -0.2) is 4.68 Å². The molecule has 0 fully saturated rings. The highest BCUT2D eigenvalue weighted by Crippen LogP contribution is 2.31. The van der Waals surface area contributed by atoms with E-state index in [-0.39, 0.29) is 0 Å². The Hall–Kier alpha value is -1.66. The number of anilines is 1. The zero-order chi connectivity index (χ0) is 14.4. The van der Waals surface area contributed by atoms with Gasteiger partial charge in [-0.1, -0.05) is 31.0 Å². The Labute approximate surface area is 122 Å². The number of nitrogens with zero attached hydrogens (tertiary/aromatic N) is 4. The van der Waals surface area contributed by atoms with Crippen molar-refractivity contribution >= 4 is 17.3 Å². The third-order valence-corrected chi connectivity index (χ3v) is 3.21. The van der Waals surface area contributed by atoms with Crippen LogP contribution in [0.1, 0.15) is 19.8 Å². The molecule has 6 nitrogen and oxygen atoms in total. The smallest absolute Gasteiger partial charge is 0.185 e. The molecular formula is C13H18ClN5O. The molecule has 108 valence electrons. The van der Waals surface area contributed by atoms with Crippen LogP contribution in [0.2, 0.25) is 5.02 Å². The van der Waals surface area contributed by atoms with Gasteiger partial charge in [0.2, 0.25) is 0 Å². The summed E-state index contributed by atoms with van der Waals surface area (Å²) in [5, 5.41) is 12.2. The largest absolute Gasteiger partial charge is 0.398 e. The molecule has 0 aliphatic rings. The standard InChI is InChI=1S/C13H18ClN5O/c1-2-3-8-20-9-7-19-13(16-17-18-19)12-10(14)5-4-6-11(12)15/h4-6H,2-3,7-9,15H2,1H3. The lowest BCUT2D eigenvalue weighted by Crippen LogP contribution is -2.10. The normalized spacial score (nSPS) is 10.9. The van der Waals surface area contributed by atoms with E-state index in [1.807, 2.05) is 0 Å². The van der Waals surface area contributed by atoms with E-state index in [9.17, 15) is 0 Å². The number of tetrazole rings is 1. The van der Waals surface area contributed by atoms with Crippen molar-refractivity contribution in [2.24, 2.45) is 0 Å². The molecule has 2 rings (SSSR count).